The first-order valence-electron chi connectivity index (χ1n) is 5.01. The van der Waals surface area contributed by atoms with Crippen molar-refractivity contribution in [3.63, 3.8) is 0 Å². The van der Waals surface area contributed by atoms with Crippen molar-refractivity contribution in [1.82, 2.24) is 15.1 Å². The maximum absolute atomic E-state index is 4.96. The van der Waals surface area contributed by atoms with Crippen LogP contribution in [0.1, 0.15) is 18.3 Å². The molecule has 1 heterocycles. The van der Waals surface area contributed by atoms with E-state index in [-0.39, 0.29) is 0 Å². The van der Waals surface area contributed by atoms with Crippen LogP contribution in [0.3, 0.4) is 0 Å². The number of hydrogen-bond donors (Lipinski definition) is 1. The van der Waals surface area contributed by atoms with Crippen LogP contribution >= 0.6 is 0 Å². The summed E-state index contributed by atoms with van der Waals surface area (Å²) < 4.78 is 6.98. The second kappa shape index (κ2) is 5.78. The fourth-order valence-corrected chi connectivity index (χ4v) is 1.41. The third-order valence-electron chi connectivity index (χ3n) is 2.07. The van der Waals surface area contributed by atoms with E-state index < -0.39 is 0 Å². The molecule has 1 aromatic heterocycles. The van der Waals surface area contributed by atoms with Crippen molar-refractivity contribution < 1.29 is 4.74 Å². The zero-order valence-corrected chi connectivity index (χ0v) is 9.21. The summed E-state index contributed by atoms with van der Waals surface area (Å²) in [6.07, 6.45) is 0. The molecule has 0 aliphatic heterocycles. The van der Waals surface area contributed by atoms with Gasteiger partial charge in [0.15, 0.2) is 0 Å². The molecule has 0 unspecified atom stereocenters. The van der Waals surface area contributed by atoms with E-state index in [1.807, 2.05) is 11.6 Å². The molecular weight excluding hydrogens is 178 g/mol. The van der Waals surface area contributed by atoms with Gasteiger partial charge in [-0.25, -0.2) is 0 Å². The van der Waals surface area contributed by atoms with Crippen molar-refractivity contribution in [1.29, 1.82) is 0 Å². The predicted octanol–water partition coefficient (Wildman–Crippen LogP) is 0.947. The van der Waals surface area contributed by atoms with Gasteiger partial charge in [-0.15, -0.1) is 0 Å². The summed E-state index contributed by atoms with van der Waals surface area (Å²) in [5.74, 6) is 0. The Morgan fingerprint density at radius 1 is 1.57 bits per heavy atom. The van der Waals surface area contributed by atoms with Gasteiger partial charge >= 0.3 is 0 Å². The van der Waals surface area contributed by atoms with Crippen LogP contribution in [0.2, 0.25) is 0 Å². The third kappa shape index (κ3) is 3.12. The Balaban J connectivity index is 2.41. The molecule has 0 amide bonds. The van der Waals surface area contributed by atoms with Gasteiger partial charge in [-0.05, 0) is 19.9 Å². The second-order valence-electron chi connectivity index (χ2n) is 3.26. The van der Waals surface area contributed by atoms with Crippen LogP contribution in [-0.2, 0) is 17.8 Å². The smallest absolute Gasteiger partial charge is 0.0597 e. The Kier molecular flexibility index (Phi) is 4.62. The highest BCUT2D eigenvalue weighted by Gasteiger charge is 2.02. The molecule has 1 aromatic rings. The fourth-order valence-electron chi connectivity index (χ4n) is 1.41. The minimum Gasteiger partial charge on any atom is -0.383 e. The van der Waals surface area contributed by atoms with Gasteiger partial charge in [0, 0.05) is 26.7 Å². The van der Waals surface area contributed by atoms with E-state index >= 15 is 0 Å². The summed E-state index contributed by atoms with van der Waals surface area (Å²) in [4.78, 5) is 0. The van der Waals surface area contributed by atoms with Crippen LogP contribution in [0.15, 0.2) is 6.07 Å². The fraction of sp³-hybridized carbons (Fsp3) is 0.700. The molecule has 14 heavy (non-hydrogen) atoms. The van der Waals surface area contributed by atoms with Gasteiger partial charge < -0.3 is 10.1 Å². The van der Waals surface area contributed by atoms with Crippen LogP contribution in [0.5, 0.6) is 0 Å². The van der Waals surface area contributed by atoms with E-state index in [2.05, 4.69) is 23.4 Å². The second-order valence-corrected chi connectivity index (χ2v) is 3.26. The molecule has 0 aliphatic rings. The van der Waals surface area contributed by atoms with Crippen molar-refractivity contribution in [2.45, 2.75) is 26.9 Å². The largest absolute Gasteiger partial charge is 0.383 e. The topological polar surface area (TPSA) is 39.1 Å². The number of nitrogens with one attached hydrogen (secondary N) is 1. The van der Waals surface area contributed by atoms with Crippen molar-refractivity contribution in [3.05, 3.63) is 17.5 Å². The number of aryl methyl sites for hydroxylation is 2. The lowest BCUT2D eigenvalue weighted by molar-refractivity contribution is 0.199. The molecular formula is C10H19N3O. The summed E-state index contributed by atoms with van der Waals surface area (Å²) in [7, 11) is 1.71. The quantitative estimate of drug-likeness (QED) is 0.690. The standard InChI is InChI=1S/C10H19N3O/c1-4-13-10(7-9(2)12-13)8-11-5-6-14-3/h7,11H,4-6,8H2,1-3H3. The first kappa shape index (κ1) is 11.2. The molecule has 0 atom stereocenters. The van der Waals surface area contributed by atoms with Crippen LogP contribution in [0.4, 0.5) is 0 Å². The highest BCUT2D eigenvalue weighted by molar-refractivity contribution is 5.08. The highest BCUT2D eigenvalue weighted by atomic mass is 16.5. The molecule has 0 fully saturated rings. The minimum absolute atomic E-state index is 0.749. The van der Waals surface area contributed by atoms with Crippen molar-refractivity contribution in [2.75, 3.05) is 20.3 Å². The Labute approximate surface area is 85.3 Å². The van der Waals surface area contributed by atoms with Crippen molar-refractivity contribution in [2.24, 2.45) is 0 Å². The maximum atomic E-state index is 4.96. The normalized spacial score (nSPS) is 10.8. The van der Waals surface area contributed by atoms with E-state index in [0.717, 1.165) is 31.9 Å². The maximum Gasteiger partial charge on any atom is 0.0597 e. The van der Waals surface area contributed by atoms with Crippen LogP contribution < -0.4 is 5.32 Å². The molecule has 0 saturated heterocycles. The summed E-state index contributed by atoms with van der Waals surface area (Å²) in [6.45, 7) is 7.53. The average molecular weight is 197 g/mol. The monoisotopic (exact) mass is 197 g/mol. The lowest BCUT2D eigenvalue weighted by atomic mass is 10.3. The number of nitrogens with zero attached hydrogens (tertiary/aromatic N) is 2. The van der Waals surface area contributed by atoms with E-state index in [1.165, 1.54) is 5.69 Å². The van der Waals surface area contributed by atoms with Crippen molar-refractivity contribution >= 4 is 0 Å². The molecule has 4 nitrogen and oxygen atoms in total. The van der Waals surface area contributed by atoms with E-state index in [1.54, 1.807) is 7.11 Å². The minimum atomic E-state index is 0.749. The number of rotatable bonds is 6. The van der Waals surface area contributed by atoms with Gasteiger partial charge in [0.2, 0.25) is 0 Å². The van der Waals surface area contributed by atoms with Crippen LogP contribution in [0, 0.1) is 6.92 Å². The Bertz CT molecular complexity index is 270. The molecule has 0 spiro atoms. The molecule has 4 heteroatoms. The van der Waals surface area contributed by atoms with Gasteiger partial charge in [-0.2, -0.15) is 5.10 Å². The van der Waals surface area contributed by atoms with Crippen LogP contribution in [-0.4, -0.2) is 30.0 Å². The number of aromatic nitrogens is 2. The van der Waals surface area contributed by atoms with Gasteiger partial charge in [0.25, 0.3) is 0 Å². The van der Waals surface area contributed by atoms with Gasteiger partial charge in [0.05, 0.1) is 18.0 Å². The summed E-state index contributed by atoms with van der Waals surface area (Å²) in [6, 6.07) is 2.11. The number of hydrogen-bond acceptors (Lipinski definition) is 3. The van der Waals surface area contributed by atoms with Gasteiger partial charge in [0.1, 0.15) is 0 Å². The predicted molar refractivity (Wildman–Crippen MR) is 56.2 cm³/mol. The zero-order chi connectivity index (χ0) is 10.4. The summed E-state index contributed by atoms with van der Waals surface area (Å²) in [5, 5.41) is 7.68. The Morgan fingerprint density at radius 2 is 2.36 bits per heavy atom. The average Bonchev–Trinajstić information content (AvgIpc) is 2.54. The first-order valence-corrected chi connectivity index (χ1v) is 5.01. The molecule has 0 aliphatic carbocycles. The summed E-state index contributed by atoms with van der Waals surface area (Å²) in [5.41, 5.74) is 2.32. The molecule has 80 valence electrons. The van der Waals surface area contributed by atoms with Crippen molar-refractivity contribution in [3.8, 4) is 0 Å². The molecule has 0 bridgehead atoms. The first-order chi connectivity index (χ1) is 6.77. The highest BCUT2D eigenvalue weighted by Crippen LogP contribution is 2.02. The number of ether oxygens (including phenoxy) is 1. The zero-order valence-electron chi connectivity index (χ0n) is 9.21. The molecule has 0 aromatic carbocycles. The van der Waals surface area contributed by atoms with Gasteiger partial charge in [-0.1, -0.05) is 0 Å². The van der Waals surface area contributed by atoms with E-state index in [0.29, 0.717) is 0 Å². The number of methoxy groups -OCH3 is 1. The Hall–Kier alpha value is -0.870. The van der Waals surface area contributed by atoms with Gasteiger partial charge in [-0.3, -0.25) is 4.68 Å². The lowest BCUT2D eigenvalue weighted by Gasteiger charge is -2.05. The molecule has 1 rings (SSSR count). The van der Waals surface area contributed by atoms with Crippen LogP contribution in [0.25, 0.3) is 0 Å². The lowest BCUT2D eigenvalue weighted by Crippen LogP contribution is -2.20. The Morgan fingerprint density at radius 3 is 3.00 bits per heavy atom. The molecule has 1 N–H and O–H groups in total. The molecule has 0 saturated carbocycles. The van der Waals surface area contributed by atoms with E-state index in [9.17, 15) is 0 Å². The summed E-state index contributed by atoms with van der Waals surface area (Å²) >= 11 is 0. The SMILES string of the molecule is CCn1nc(C)cc1CNCCOC. The molecule has 0 radical (unpaired) electrons. The third-order valence-corrected chi connectivity index (χ3v) is 2.07. The van der Waals surface area contributed by atoms with E-state index in [4.69, 9.17) is 4.74 Å².